The van der Waals surface area contributed by atoms with Gasteiger partial charge in [0.05, 0.1) is 11.5 Å². The van der Waals surface area contributed by atoms with Gasteiger partial charge in [0, 0.05) is 0 Å². The van der Waals surface area contributed by atoms with E-state index in [-0.39, 0.29) is 5.41 Å². The average molecular weight is 121 g/mol. The number of hydrogen-bond donors (Lipinski definition) is 0. The van der Waals surface area contributed by atoms with Gasteiger partial charge in [-0.25, -0.2) is 0 Å². The Bertz CT molecular complexity index is 165. The van der Waals surface area contributed by atoms with Gasteiger partial charge in [-0.2, -0.15) is 5.26 Å². The highest BCUT2D eigenvalue weighted by atomic mass is 14.4. The number of allylic oxidation sites excluding steroid dienone is 1. The SMILES string of the molecule is C=C1CC(C#N)(CC)C1. The van der Waals surface area contributed by atoms with E-state index in [1.807, 2.05) is 0 Å². The highest BCUT2D eigenvalue weighted by molar-refractivity contribution is 5.22. The zero-order chi connectivity index (χ0) is 6.91. The van der Waals surface area contributed by atoms with Gasteiger partial charge in [0.1, 0.15) is 0 Å². The monoisotopic (exact) mass is 121 g/mol. The molecule has 0 amide bonds. The summed E-state index contributed by atoms with van der Waals surface area (Å²) < 4.78 is 0. The molecule has 0 heterocycles. The maximum atomic E-state index is 8.66. The molecule has 0 N–H and O–H groups in total. The molecule has 0 unspecified atom stereocenters. The summed E-state index contributed by atoms with van der Waals surface area (Å²) in [6.07, 6.45) is 2.84. The predicted molar refractivity (Wildman–Crippen MR) is 36.7 cm³/mol. The van der Waals surface area contributed by atoms with Crippen molar-refractivity contribution in [3.05, 3.63) is 12.2 Å². The number of rotatable bonds is 1. The topological polar surface area (TPSA) is 23.8 Å². The van der Waals surface area contributed by atoms with Crippen LogP contribution in [-0.2, 0) is 0 Å². The Kier molecular flexibility index (Phi) is 1.32. The van der Waals surface area contributed by atoms with Gasteiger partial charge >= 0.3 is 0 Å². The van der Waals surface area contributed by atoms with Gasteiger partial charge in [-0.3, -0.25) is 0 Å². The minimum Gasteiger partial charge on any atom is -0.198 e. The molecule has 0 saturated heterocycles. The third kappa shape index (κ3) is 0.853. The minimum absolute atomic E-state index is 0.0168. The van der Waals surface area contributed by atoms with E-state index in [2.05, 4.69) is 19.6 Å². The molecule has 0 spiro atoms. The second-order valence-corrected chi connectivity index (χ2v) is 2.85. The smallest absolute Gasteiger partial charge is 0.0696 e. The maximum Gasteiger partial charge on any atom is 0.0696 e. The number of hydrogen-bond acceptors (Lipinski definition) is 1. The second kappa shape index (κ2) is 1.88. The first kappa shape index (κ1) is 6.35. The Morgan fingerprint density at radius 1 is 1.78 bits per heavy atom. The summed E-state index contributed by atoms with van der Waals surface area (Å²) in [5, 5.41) is 8.66. The fourth-order valence-electron chi connectivity index (χ4n) is 1.31. The normalized spacial score (nSPS) is 22.4. The fourth-order valence-corrected chi connectivity index (χ4v) is 1.31. The van der Waals surface area contributed by atoms with E-state index in [0.29, 0.717) is 0 Å². The molecule has 0 aliphatic heterocycles. The Morgan fingerprint density at radius 3 is 2.44 bits per heavy atom. The van der Waals surface area contributed by atoms with Crippen molar-refractivity contribution in [2.45, 2.75) is 26.2 Å². The summed E-state index contributed by atoms with van der Waals surface area (Å²) in [6.45, 7) is 5.87. The van der Waals surface area contributed by atoms with Crippen molar-refractivity contribution in [1.82, 2.24) is 0 Å². The summed E-state index contributed by atoms with van der Waals surface area (Å²) in [6, 6.07) is 2.33. The minimum atomic E-state index is -0.0168. The molecule has 0 radical (unpaired) electrons. The lowest BCUT2D eigenvalue weighted by molar-refractivity contribution is 0.290. The summed E-state index contributed by atoms with van der Waals surface area (Å²) in [5.74, 6) is 0. The van der Waals surface area contributed by atoms with Crippen LogP contribution in [0.25, 0.3) is 0 Å². The highest BCUT2D eigenvalue weighted by Gasteiger charge is 2.37. The first-order valence-electron chi connectivity index (χ1n) is 3.30. The molecule has 1 aliphatic carbocycles. The zero-order valence-electron chi connectivity index (χ0n) is 5.78. The van der Waals surface area contributed by atoms with Crippen LogP contribution in [0.2, 0.25) is 0 Å². The third-order valence-electron chi connectivity index (χ3n) is 2.09. The van der Waals surface area contributed by atoms with Crippen LogP contribution in [0, 0.1) is 16.7 Å². The molecule has 1 nitrogen and oxygen atoms in total. The zero-order valence-corrected chi connectivity index (χ0v) is 5.78. The van der Waals surface area contributed by atoms with E-state index in [9.17, 15) is 0 Å². The maximum absolute atomic E-state index is 8.66. The second-order valence-electron chi connectivity index (χ2n) is 2.85. The van der Waals surface area contributed by atoms with Gasteiger partial charge in [-0.15, -0.1) is 0 Å². The van der Waals surface area contributed by atoms with Gasteiger partial charge in [0.25, 0.3) is 0 Å². The molecule has 1 fully saturated rings. The molecule has 48 valence electrons. The first-order chi connectivity index (χ1) is 4.22. The lowest BCUT2D eigenvalue weighted by Gasteiger charge is -2.36. The molecular weight excluding hydrogens is 110 g/mol. The molecule has 0 aromatic rings. The standard InChI is InChI=1S/C8H11N/c1-3-8(6-9)4-7(2)5-8/h2-5H2,1H3. The van der Waals surface area contributed by atoms with Gasteiger partial charge in [-0.05, 0) is 19.3 Å². The molecule has 9 heavy (non-hydrogen) atoms. The van der Waals surface area contributed by atoms with E-state index in [4.69, 9.17) is 5.26 Å². The summed E-state index contributed by atoms with van der Waals surface area (Å²) in [5.41, 5.74) is 1.22. The van der Waals surface area contributed by atoms with Crippen LogP contribution in [-0.4, -0.2) is 0 Å². The summed E-state index contributed by atoms with van der Waals surface area (Å²) in [4.78, 5) is 0. The van der Waals surface area contributed by atoms with Crippen molar-refractivity contribution in [3.8, 4) is 6.07 Å². The Balaban J connectivity index is 2.58. The molecule has 0 atom stereocenters. The van der Waals surface area contributed by atoms with Gasteiger partial charge in [-0.1, -0.05) is 19.1 Å². The van der Waals surface area contributed by atoms with E-state index in [1.165, 1.54) is 5.57 Å². The molecular formula is C8H11N. The van der Waals surface area contributed by atoms with Crippen LogP contribution >= 0.6 is 0 Å². The van der Waals surface area contributed by atoms with Crippen LogP contribution in [0.15, 0.2) is 12.2 Å². The highest BCUT2D eigenvalue weighted by Crippen LogP contribution is 2.46. The lowest BCUT2D eigenvalue weighted by atomic mass is 9.65. The van der Waals surface area contributed by atoms with Crippen LogP contribution in [0.5, 0.6) is 0 Å². The fraction of sp³-hybridized carbons (Fsp3) is 0.625. The predicted octanol–water partition coefficient (Wildman–Crippen LogP) is 2.26. The Labute approximate surface area is 56.0 Å². The average Bonchev–Trinajstić information content (AvgIpc) is 1.81. The molecule has 0 bridgehead atoms. The number of nitrogens with zero attached hydrogens (tertiary/aromatic N) is 1. The van der Waals surface area contributed by atoms with Crippen LogP contribution in [0.3, 0.4) is 0 Å². The van der Waals surface area contributed by atoms with Crippen LogP contribution in [0.1, 0.15) is 26.2 Å². The molecule has 1 aliphatic rings. The largest absolute Gasteiger partial charge is 0.198 e. The van der Waals surface area contributed by atoms with Crippen molar-refractivity contribution in [2.24, 2.45) is 5.41 Å². The summed E-state index contributed by atoms with van der Waals surface area (Å²) in [7, 11) is 0. The lowest BCUT2D eigenvalue weighted by Crippen LogP contribution is -2.28. The molecule has 1 rings (SSSR count). The van der Waals surface area contributed by atoms with E-state index < -0.39 is 0 Å². The van der Waals surface area contributed by atoms with E-state index in [0.717, 1.165) is 19.3 Å². The van der Waals surface area contributed by atoms with Gasteiger partial charge < -0.3 is 0 Å². The molecule has 1 heteroatoms. The van der Waals surface area contributed by atoms with Crippen molar-refractivity contribution in [3.63, 3.8) is 0 Å². The van der Waals surface area contributed by atoms with Crippen LogP contribution in [0.4, 0.5) is 0 Å². The van der Waals surface area contributed by atoms with Crippen molar-refractivity contribution in [1.29, 1.82) is 5.26 Å². The molecule has 0 aromatic heterocycles. The van der Waals surface area contributed by atoms with Gasteiger partial charge in [0.2, 0.25) is 0 Å². The van der Waals surface area contributed by atoms with Crippen LogP contribution < -0.4 is 0 Å². The molecule has 0 aromatic carbocycles. The quantitative estimate of drug-likeness (QED) is 0.488. The van der Waals surface area contributed by atoms with E-state index >= 15 is 0 Å². The van der Waals surface area contributed by atoms with Crippen molar-refractivity contribution < 1.29 is 0 Å². The van der Waals surface area contributed by atoms with Gasteiger partial charge in [0.15, 0.2) is 0 Å². The Hall–Kier alpha value is -0.770. The van der Waals surface area contributed by atoms with Crippen molar-refractivity contribution in [2.75, 3.05) is 0 Å². The first-order valence-corrected chi connectivity index (χ1v) is 3.30. The van der Waals surface area contributed by atoms with Crippen molar-refractivity contribution >= 4 is 0 Å². The summed E-state index contributed by atoms with van der Waals surface area (Å²) >= 11 is 0. The molecule has 1 saturated carbocycles. The third-order valence-corrected chi connectivity index (χ3v) is 2.09. The number of nitriles is 1. The van der Waals surface area contributed by atoms with E-state index in [1.54, 1.807) is 0 Å². The Morgan fingerprint density at radius 2 is 2.33 bits per heavy atom.